The second-order valence-corrected chi connectivity index (χ2v) is 6.94. The van der Waals surface area contributed by atoms with Crippen LogP contribution in [0.1, 0.15) is 30.0 Å². The summed E-state index contributed by atoms with van der Waals surface area (Å²) in [7, 11) is 3.18. The molecule has 156 valence electrons. The van der Waals surface area contributed by atoms with E-state index >= 15 is 0 Å². The summed E-state index contributed by atoms with van der Waals surface area (Å²) in [6, 6.07) is 12.6. The van der Waals surface area contributed by atoms with Crippen molar-refractivity contribution in [2.24, 2.45) is 0 Å². The van der Waals surface area contributed by atoms with Crippen LogP contribution in [0.2, 0.25) is 0 Å². The first kappa shape index (κ1) is 22.3. The van der Waals surface area contributed by atoms with E-state index in [2.05, 4.69) is 5.32 Å². The predicted molar refractivity (Wildman–Crippen MR) is 113 cm³/mol. The van der Waals surface area contributed by atoms with E-state index in [1.54, 1.807) is 19.1 Å². The van der Waals surface area contributed by atoms with Crippen LogP contribution in [0.25, 0.3) is 0 Å². The molecule has 0 aliphatic heterocycles. The number of carbonyl (C=O) groups is 2. The number of methoxy groups -OCH3 is 1. The molecule has 1 N–H and O–H groups in total. The van der Waals surface area contributed by atoms with Gasteiger partial charge in [0.05, 0.1) is 7.11 Å². The van der Waals surface area contributed by atoms with Gasteiger partial charge in [-0.15, -0.1) is 0 Å². The molecule has 1 atom stereocenters. The van der Waals surface area contributed by atoms with Crippen LogP contribution in [0, 0.1) is 13.8 Å². The third-order valence-electron chi connectivity index (χ3n) is 4.98. The Morgan fingerprint density at radius 1 is 1.03 bits per heavy atom. The molecule has 0 radical (unpaired) electrons. The van der Waals surface area contributed by atoms with Crippen LogP contribution in [0.3, 0.4) is 0 Å². The summed E-state index contributed by atoms with van der Waals surface area (Å²) in [6.45, 7) is 6.09. The van der Waals surface area contributed by atoms with Crippen molar-refractivity contribution in [1.82, 2.24) is 10.2 Å². The van der Waals surface area contributed by atoms with E-state index in [9.17, 15) is 9.59 Å². The monoisotopic (exact) mass is 398 g/mol. The maximum atomic E-state index is 13.0. The third kappa shape index (κ3) is 5.98. The van der Waals surface area contributed by atoms with E-state index in [0.717, 1.165) is 22.4 Å². The Labute approximate surface area is 172 Å². The largest absolute Gasteiger partial charge is 0.497 e. The quantitative estimate of drug-likeness (QED) is 0.704. The average Bonchev–Trinajstić information content (AvgIpc) is 2.74. The van der Waals surface area contributed by atoms with Crippen LogP contribution in [-0.4, -0.2) is 43.5 Å². The molecule has 6 nitrogen and oxygen atoms in total. The van der Waals surface area contributed by atoms with Crippen molar-refractivity contribution in [3.63, 3.8) is 0 Å². The second-order valence-electron chi connectivity index (χ2n) is 6.94. The SMILES string of the molecule is CCC(C(=O)NC)N(Cc1ccc(OC)cc1)C(=O)COc1ccc(C)c(C)c1. The molecule has 0 aliphatic carbocycles. The molecule has 2 aromatic carbocycles. The summed E-state index contributed by atoms with van der Waals surface area (Å²) in [6.07, 6.45) is 0.505. The summed E-state index contributed by atoms with van der Waals surface area (Å²) in [5.41, 5.74) is 3.17. The van der Waals surface area contributed by atoms with Gasteiger partial charge < -0.3 is 19.7 Å². The van der Waals surface area contributed by atoms with E-state index < -0.39 is 6.04 Å². The lowest BCUT2D eigenvalue weighted by molar-refractivity contribution is -0.142. The Hall–Kier alpha value is -3.02. The van der Waals surface area contributed by atoms with E-state index in [1.165, 1.54) is 0 Å². The van der Waals surface area contributed by atoms with Crippen LogP contribution in [0.4, 0.5) is 0 Å². The van der Waals surface area contributed by atoms with Crippen molar-refractivity contribution in [2.75, 3.05) is 20.8 Å². The fourth-order valence-corrected chi connectivity index (χ4v) is 3.05. The van der Waals surface area contributed by atoms with Gasteiger partial charge in [-0.25, -0.2) is 0 Å². The molecule has 2 aromatic rings. The summed E-state index contributed by atoms with van der Waals surface area (Å²) in [5.74, 6) is 0.942. The van der Waals surface area contributed by atoms with Gasteiger partial charge >= 0.3 is 0 Å². The number of rotatable bonds is 9. The molecule has 0 aromatic heterocycles. The van der Waals surface area contributed by atoms with Crippen LogP contribution >= 0.6 is 0 Å². The molecule has 0 fully saturated rings. The van der Waals surface area contributed by atoms with Crippen molar-refractivity contribution in [3.8, 4) is 11.5 Å². The van der Waals surface area contributed by atoms with Crippen molar-refractivity contribution >= 4 is 11.8 Å². The highest BCUT2D eigenvalue weighted by molar-refractivity contribution is 5.88. The summed E-state index contributed by atoms with van der Waals surface area (Å²) < 4.78 is 10.9. The minimum atomic E-state index is -0.571. The molecule has 1 unspecified atom stereocenters. The summed E-state index contributed by atoms with van der Waals surface area (Å²) >= 11 is 0. The van der Waals surface area contributed by atoms with Gasteiger partial charge in [0.15, 0.2) is 6.61 Å². The Morgan fingerprint density at radius 3 is 2.24 bits per heavy atom. The zero-order valence-corrected chi connectivity index (χ0v) is 17.8. The van der Waals surface area contributed by atoms with Crippen molar-refractivity contribution in [2.45, 2.75) is 39.8 Å². The molecular weight excluding hydrogens is 368 g/mol. The molecule has 0 bridgehead atoms. The van der Waals surface area contributed by atoms with E-state index in [4.69, 9.17) is 9.47 Å². The molecule has 0 aliphatic rings. The van der Waals surface area contributed by atoms with Gasteiger partial charge in [-0.3, -0.25) is 9.59 Å². The molecule has 2 rings (SSSR count). The standard InChI is InChI=1S/C23H30N2O4/c1-6-21(23(27)24-4)25(14-18-8-11-19(28-5)12-9-18)22(26)15-29-20-10-7-16(2)17(3)13-20/h7-13,21H,6,14-15H2,1-5H3,(H,24,27). The number of benzene rings is 2. The number of nitrogens with zero attached hydrogens (tertiary/aromatic N) is 1. The predicted octanol–water partition coefficient (Wildman–Crippen LogP) is 3.24. The first-order chi connectivity index (χ1) is 13.9. The Balaban J connectivity index is 2.18. The second kappa shape index (κ2) is 10.5. The molecule has 0 heterocycles. The van der Waals surface area contributed by atoms with Gasteiger partial charge in [0.2, 0.25) is 5.91 Å². The molecule has 0 saturated heterocycles. The van der Waals surface area contributed by atoms with E-state index in [1.807, 2.05) is 63.2 Å². The summed E-state index contributed by atoms with van der Waals surface area (Å²) in [4.78, 5) is 27.0. The van der Waals surface area contributed by atoms with Gasteiger partial charge in [0.25, 0.3) is 5.91 Å². The summed E-state index contributed by atoms with van der Waals surface area (Å²) in [5, 5.41) is 2.65. The third-order valence-corrected chi connectivity index (χ3v) is 4.98. The lowest BCUT2D eigenvalue weighted by Gasteiger charge is -2.30. The number of amides is 2. The number of aryl methyl sites for hydroxylation is 2. The van der Waals surface area contributed by atoms with Crippen LogP contribution in [-0.2, 0) is 16.1 Å². The highest BCUT2D eigenvalue weighted by Gasteiger charge is 2.28. The molecular formula is C23H30N2O4. The van der Waals surface area contributed by atoms with Crippen molar-refractivity contribution in [3.05, 3.63) is 59.2 Å². The Morgan fingerprint density at radius 2 is 1.69 bits per heavy atom. The van der Waals surface area contributed by atoms with Crippen LogP contribution in [0.15, 0.2) is 42.5 Å². The van der Waals surface area contributed by atoms with Crippen LogP contribution < -0.4 is 14.8 Å². The molecule has 2 amide bonds. The number of nitrogens with one attached hydrogen (secondary N) is 1. The normalized spacial score (nSPS) is 11.5. The highest BCUT2D eigenvalue weighted by Crippen LogP contribution is 2.19. The van der Waals surface area contributed by atoms with Crippen molar-refractivity contribution in [1.29, 1.82) is 0 Å². The van der Waals surface area contributed by atoms with Gasteiger partial charge in [0.1, 0.15) is 17.5 Å². The van der Waals surface area contributed by atoms with Crippen molar-refractivity contribution < 1.29 is 19.1 Å². The molecule has 29 heavy (non-hydrogen) atoms. The zero-order chi connectivity index (χ0) is 21.4. The number of likely N-dealkylation sites (N-methyl/N-ethyl adjacent to an activating group) is 1. The Kier molecular flexibility index (Phi) is 8.07. The maximum Gasteiger partial charge on any atom is 0.261 e. The first-order valence-corrected chi connectivity index (χ1v) is 9.73. The minimum Gasteiger partial charge on any atom is -0.497 e. The van der Waals surface area contributed by atoms with Gasteiger partial charge in [0, 0.05) is 13.6 Å². The van der Waals surface area contributed by atoms with Gasteiger partial charge in [-0.1, -0.05) is 25.1 Å². The molecule has 6 heteroatoms. The Bertz CT molecular complexity index is 833. The number of hydrogen-bond donors (Lipinski definition) is 1. The van der Waals surface area contributed by atoms with E-state index in [-0.39, 0.29) is 18.4 Å². The minimum absolute atomic E-state index is 0.133. The molecule has 0 saturated carbocycles. The number of ether oxygens (including phenoxy) is 2. The number of carbonyl (C=O) groups excluding carboxylic acids is 2. The highest BCUT2D eigenvalue weighted by atomic mass is 16.5. The average molecular weight is 399 g/mol. The first-order valence-electron chi connectivity index (χ1n) is 9.73. The van der Waals surface area contributed by atoms with E-state index in [0.29, 0.717) is 18.7 Å². The topological polar surface area (TPSA) is 67.9 Å². The lowest BCUT2D eigenvalue weighted by Crippen LogP contribution is -2.49. The van der Waals surface area contributed by atoms with Crippen LogP contribution in [0.5, 0.6) is 11.5 Å². The fourth-order valence-electron chi connectivity index (χ4n) is 3.05. The fraction of sp³-hybridized carbons (Fsp3) is 0.391. The number of hydrogen-bond acceptors (Lipinski definition) is 4. The molecule has 0 spiro atoms. The lowest BCUT2D eigenvalue weighted by atomic mass is 10.1. The van der Waals surface area contributed by atoms with Gasteiger partial charge in [-0.05, 0) is 61.2 Å². The zero-order valence-electron chi connectivity index (χ0n) is 17.8. The smallest absolute Gasteiger partial charge is 0.261 e. The maximum absolute atomic E-state index is 13.0. The van der Waals surface area contributed by atoms with Gasteiger partial charge in [-0.2, -0.15) is 0 Å².